The molecule has 7 atom stereocenters. The van der Waals surface area contributed by atoms with Crippen LogP contribution in [0.3, 0.4) is 0 Å². The van der Waals surface area contributed by atoms with E-state index in [1.165, 1.54) is 0 Å². The normalized spacial score (nSPS) is 28.0. The van der Waals surface area contributed by atoms with Crippen LogP contribution in [0, 0.1) is 31.6 Å². The number of fused-ring (bicyclic) bond motifs is 1. The van der Waals surface area contributed by atoms with Crippen LogP contribution in [-0.4, -0.2) is 56.4 Å². The lowest BCUT2D eigenvalue weighted by Crippen LogP contribution is -2.57. The third-order valence-electron chi connectivity index (χ3n) is 9.61. The number of nitrogens with one attached hydrogen (secondary N) is 2. The van der Waals surface area contributed by atoms with Crippen molar-refractivity contribution >= 4 is 35.2 Å². The first-order valence-electron chi connectivity index (χ1n) is 15.1. The average molecular weight is 598 g/mol. The van der Waals surface area contributed by atoms with Gasteiger partial charge in [0.1, 0.15) is 6.04 Å². The zero-order chi connectivity index (χ0) is 30.3. The van der Waals surface area contributed by atoms with Gasteiger partial charge in [-0.05, 0) is 60.9 Å². The number of carbonyl (C=O) groups excluding carboxylic acids is 3. The second kappa shape index (κ2) is 11.8. The molecule has 3 aliphatic heterocycles. The molecule has 1 spiro atoms. The third-order valence-corrected chi connectivity index (χ3v) is 11.7. The van der Waals surface area contributed by atoms with Gasteiger partial charge in [0.2, 0.25) is 17.7 Å². The molecule has 6 rings (SSSR count). The maximum Gasteiger partial charge on any atom is 0.248 e. The number of carbonyl (C=O) groups is 3. The molecular weight excluding hydrogens is 558 g/mol. The van der Waals surface area contributed by atoms with Gasteiger partial charge in [0.05, 0.1) is 29.2 Å². The van der Waals surface area contributed by atoms with Crippen molar-refractivity contribution in [1.82, 2.24) is 10.2 Å². The van der Waals surface area contributed by atoms with Crippen LogP contribution in [0.25, 0.3) is 0 Å². The van der Waals surface area contributed by atoms with E-state index in [-0.39, 0.29) is 35.5 Å². The van der Waals surface area contributed by atoms with E-state index in [0.29, 0.717) is 18.7 Å². The maximum atomic E-state index is 14.6. The van der Waals surface area contributed by atoms with Gasteiger partial charge >= 0.3 is 0 Å². The zero-order valence-corrected chi connectivity index (χ0v) is 25.6. The summed E-state index contributed by atoms with van der Waals surface area (Å²) in [5.41, 5.74) is 4.63. The summed E-state index contributed by atoms with van der Waals surface area (Å²) in [5, 5.41) is 16.9. The van der Waals surface area contributed by atoms with Crippen molar-refractivity contribution in [3.05, 3.63) is 101 Å². The summed E-state index contributed by atoms with van der Waals surface area (Å²) >= 11 is 1.65. The lowest BCUT2D eigenvalue weighted by atomic mass is 9.66. The van der Waals surface area contributed by atoms with Crippen LogP contribution < -0.4 is 10.6 Å². The number of hydrogen-bond acceptors (Lipinski definition) is 5. The summed E-state index contributed by atoms with van der Waals surface area (Å²) in [7, 11) is 0. The molecule has 0 radical (unpaired) electrons. The van der Waals surface area contributed by atoms with E-state index in [2.05, 4.69) is 17.6 Å². The highest BCUT2D eigenvalue weighted by Crippen LogP contribution is 2.68. The molecule has 3 unspecified atom stereocenters. The first-order valence-corrected chi connectivity index (χ1v) is 16.0. The summed E-state index contributed by atoms with van der Waals surface area (Å²) in [6.07, 6.45) is 1.16. The number of hydrogen-bond donors (Lipinski definition) is 3. The minimum Gasteiger partial charge on any atom is -0.394 e. The number of nitrogens with zero attached hydrogens (tertiary/aromatic N) is 1. The highest BCUT2D eigenvalue weighted by molar-refractivity contribution is 8.02. The number of thioether (sulfide) groups is 1. The quantitative estimate of drug-likeness (QED) is 0.338. The fraction of sp³-hybridized carbons (Fsp3) is 0.400. The minimum absolute atomic E-state index is 0.0325. The Kier molecular flexibility index (Phi) is 8.09. The van der Waals surface area contributed by atoms with Gasteiger partial charge in [0.15, 0.2) is 0 Å². The van der Waals surface area contributed by atoms with Crippen molar-refractivity contribution in [3.63, 3.8) is 0 Å². The Morgan fingerprint density at radius 2 is 1.67 bits per heavy atom. The molecule has 3 fully saturated rings. The fourth-order valence-corrected chi connectivity index (χ4v) is 9.97. The third kappa shape index (κ3) is 5.14. The predicted molar refractivity (Wildman–Crippen MR) is 169 cm³/mol. The predicted octanol–water partition coefficient (Wildman–Crippen LogP) is 4.50. The monoisotopic (exact) mass is 597 g/mol. The van der Waals surface area contributed by atoms with E-state index < -0.39 is 28.7 Å². The molecule has 7 nitrogen and oxygen atoms in total. The molecule has 0 aliphatic carbocycles. The molecule has 3 amide bonds. The number of aliphatic hydroxyl groups excluding tert-OH is 1. The lowest BCUT2D eigenvalue weighted by Gasteiger charge is -2.40. The summed E-state index contributed by atoms with van der Waals surface area (Å²) < 4.78 is -0.775. The van der Waals surface area contributed by atoms with Crippen LogP contribution in [0.4, 0.5) is 5.69 Å². The molecule has 8 heteroatoms. The molecule has 43 heavy (non-hydrogen) atoms. The number of aliphatic hydroxyl groups is 1. The Hall–Kier alpha value is -3.62. The Bertz CT molecular complexity index is 1520. The summed E-state index contributed by atoms with van der Waals surface area (Å²) in [6.45, 7) is 6.13. The minimum atomic E-state index is -0.831. The standard InChI is InChI=1S/C35H39N3O4S/c1-21-14-15-22(2)27(16-21)37-33(41)31-35-23(3)17-28(43-35)29(32(40)36-19-25-12-8-5-9-13-25)30(35)34(42)38(31)26(20-39)18-24-10-6-4-7-11-24/h4-16,23,26,28-31,39H,17-20H2,1-3H3,(H,36,40)(H,37,41)/t23?,26-,28-,29+,30+,31?,35?/m1/s1. The fourth-order valence-electron chi connectivity index (χ4n) is 7.56. The van der Waals surface area contributed by atoms with E-state index in [1.807, 2.05) is 92.7 Å². The summed E-state index contributed by atoms with van der Waals surface area (Å²) in [4.78, 5) is 44.6. The lowest BCUT2D eigenvalue weighted by molar-refractivity contribution is -0.142. The maximum absolute atomic E-state index is 14.6. The van der Waals surface area contributed by atoms with Gasteiger partial charge in [-0.1, -0.05) is 79.7 Å². The van der Waals surface area contributed by atoms with Crippen molar-refractivity contribution in [3.8, 4) is 0 Å². The number of anilines is 1. The first kappa shape index (κ1) is 29.5. The van der Waals surface area contributed by atoms with Gasteiger partial charge in [0.25, 0.3) is 0 Å². The van der Waals surface area contributed by atoms with E-state index in [4.69, 9.17) is 0 Å². The van der Waals surface area contributed by atoms with Gasteiger partial charge in [-0.25, -0.2) is 0 Å². The van der Waals surface area contributed by atoms with Crippen molar-refractivity contribution in [1.29, 1.82) is 0 Å². The Balaban J connectivity index is 1.37. The Labute approximate surface area is 257 Å². The molecule has 224 valence electrons. The number of aryl methyl sites for hydroxylation is 2. The van der Waals surface area contributed by atoms with Crippen LogP contribution in [0.5, 0.6) is 0 Å². The van der Waals surface area contributed by atoms with Gasteiger partial charge < -0.3 is 20.6 Å². The Morgan fingerprint density at radius 3 is 2.35 bits per heavy atom. The molecule has 3 heterocycles. The molecular formula is C35H39N3O4S. The van der Waals surface area contributed by atoms with E-state index in [9.17, 15) is 19.5 Å². The highest BCUT2D eigenvalue weighted by Gasteiger charge is 2.76. The molecule has 3 aliphatic rings. The number of rotatable bonds is 9. The summed E-state index contributed by atoms with van der Waals surface area (Å²) in [6, 6.07) is 23.9. The van der Waals surface area contributed by atoms with E-state index in [1.54, 1.807) is 16.7 Å². The van der Waals surface area contributed by atoms with Gasteiger partial charge in [-0.15, -0.1) is 11.8 Å². The smallest absolute Gasteiger partial charge is 0.248 e. The molecule has 3 aromatic rings. The molecule has 0 aromatic heterocycles. The SMILES string of the molecule is Cc1ccc(C)c(NC(=O)C2N([C@@H](CO)Cc3ccccc3)C(=O)[C@@H]3[C@@H](C(=O)NCc4ccccc4)[C@H]4CC(C)C23S4)c1. The molecule has 3 saturated heterocycles. The Morgan fingerprint density at radius 1 is 1.00 bits per heavy atom. The van der Waals surface area contributed by atoms with E-state index in [0.717, 1.165) is 28.7 Å². The van der Waals surface area contributed by atoms with Gasteiger partial charge in [0, 0.05) is 17.5 Å². The van der Waals surface area contributed by atoms with Crippen LogP contribution in [0.15, 0.2) is 78.9 Å². The van der Waals surface area contributed by atoms with Crippen LogP contribution >= 0.6 is 11.8 Å². The highest BCUT2D eigenvalue weighted by atomic mass is 32.2. The van der Waals surface area contributed by atoms with Crippen LogP contribution in [-0.2, 0) is 27.3 Å². The zero-order valence-electron chi connectivity index (χ0n) is 24.8. The van der Waals surface area contributed by atoms with Crippen molar-refractivity contribution in [2.75, 3.05) is 11.9 Å². The number of likely N-dealkylation sites (tertiary alicyclic amines) is 1. The topological polar surface area (TPSA) is 98.7 Å². The van der Waals surface area contributed by atoms with Crippen LogP contribution in [0.1, 0.15) is 35.6 Å². The second-order valence-corrected chi connectivity index (χ2v) is 13.9. The molecule has 3 N–H and O–H groups in total. The largest absolute Gasteiger partial charge is 0.394 e. The first-order chi connectivity index (χ1) is 20.7. The van der Waals surface area contributed by atoms with Gasteiger partial charge in [-0.2, -0.15) is 0 Å². The van der Waals surface area contributed by atoms with E-state index >= 15 is 0 Å². The van der Waals surface area contributed by atoms with Gasteiger partial charge in [-0.3, -0.25) is 14.4 Å². The molecule has 3 aromatic carbocycles. The molecule has 0 saturated carbocycles. The average Bonchev–Trinajstić information content (AvgIpc) is 3.61. The molecule has 2 bridgehead atoms. The number of amides is 3. The van der Waals surface area contributed by atoms with Crippen molar-refractivity contribution in [2.45, 2.75) is 62.2 Å². The van der Waals surface area contributed by atoms with Crippen LogP contribution in [0.2, 0.25) is 0 Å². The summed E-state index contributed by atoms with van der Waals surface area (Å²) in [5.74, 6) is -1.78. The number of benzene rings is 3. The van der Waals surface area contributed by atoms with Crippen molar-refractivity contribution in [2.24, 2.45) is 17.8 Å². The second-order valence-electron chi connectivity index (χ2n) is 12.3. The van der Waals surface area contributed by atoms with Crippen molar-refractivity contribution < 1.29 is 19.5 Å².